The van der Waals surface area contributed by atoms with Crippen molar-refractivity contribution in [2.24, 2.45) is 5.92 Å². The number of rotatable bonds is 6. The van der Waals surface area contributed by atoms with Gasteiger partial charge in [-0.3, -0.25) is 9.80 Å². The summed E-state index contributed by atoms with van der Waals surface area (Å²) in [6.45, 7) is 10.2. The second-order valence-electron chi connectivity index (χ2n) is 6.63. The normalized spacial score (nSPS) is 23.8. The summed E-state index contributed by atoms with van der Waals surface area (Å²) in [4.78, 5) is 5.03. The minimum Gasteiger partial charge on any atom is -0.492 e. The lowest BCUT2D eigenvalue weighted by Gasteiger charge is -2.32. The molecule has 0 amide bonds. The Morgan fingerprint density at radius 2 is 1.90 bits per heavy atom. The van der Waals surface area contributed by atoms with E-state index in [1.807, 2.05) is 0 Å². The van der Waals surface area contributed by atoms with Gasteiger partial charge in [0.1, 0.15) is 12.4 Å². The first-order valence-electron chi connectivity index (χ1n) is 8.46. The second kappa shape index (κ2) is 7.28. The largest absolute Gasteiger partial charge is 0.492 e. The zero-order valence-corrected chi connectivity index (χ0v) is 13.3. The molecule has 2 aliphatic rings. The zero-order valence-electron chi connectivity index (χ0n) is 13.3. The average Bonchev–Trinajstić information content (AvgIpc) is 2.44. The molecule has 0 unspecified atom stereocenters. The topological polar surface area (TPSA) is 15.7 Å². The summed E-state index contributed by atoms with van der Waals surface area (Å²) in [6, 6.07) is 8.52. The van der Waals surface area contributed by atoms with Crippen LogP contribution in [0.1, 0.15) is 31.7 Å². The molecule has 0 spiro atoms. The monoisotopic (exact) mass is 288 g/mol. The number of nitrogens with zero attached hydrogens (tertiary/aromatic N) is 2. The Morgan fingerprint density at radius 3 is 2.67 bits per heavy atom. The lowest BCUT2D eigenvalue weighted by Crippen LogP contribution is -2.37. The van der Waals surface area contributed by atoms with Gasteiger partial charge in [-0.2, -0.15) is 0 Å². The molecule has 0 saturated carbocycles. The van der Waals surface area contributed by atoms with Gasteiger partial charge in [0.05, 0.1) is 0 Å². The maximum Gasteiger partial charge on any atom is 0.123 e. The number of ether oxygens (including phenoxy) is 1. The molecule has 3 nitrogen and oxygen atoms in total. The maximum absolute atomic E-state index is 6.08. The summed E-state index contributed by atoms with van der Waals surface area (Å²) in [7, 11) is 0. The highest BCUT2D eigenvalue weighted by Gasteiger charge is 2.17. The number of para-hydroxylation sites is 1. The Labute approximate surface area is 128 Å². The van der Waals surface area contributed by atoms with E-state index in [4.69, 9.17) is 4.74 Å². The van der Waals surface area contributed by atoms with Crippen LogP contribution in [0.2, 0.25) is 0 Å². The van der Waals surface area contributed by atoms with E-state index in [0.29, 0.717) is 0 Å². The Bertz CT molecular complexity index is 445. The fraction of sp³-hybridized carbons (Fsp3) is 0.667. The van der Waals surface area contributed by atoms with Gasteiger partial charge in [-0.05, 0) is 50.9 Å². The van der Waals surface area contributed by atoms with Gasteiger partial charge >= 0.3 is 0 Å². The molecule has 2 fully saturated rings. The predicted octanol–water partition coefficient (Wildman–Crippen LogP) is 3.00. The van der Waals surface area contributed by atoms with Crippen LogP contribution in [0.15, 0.2) is 24.3 Å². The lowest BCUT2D eigenvalue weighted by atomic mass is 10.0. The standard InChI is InChI=1S/C18H28N2O/c1-16-6-4-9-20(14-16)12-13-21-18-8-3-2-7-17(18)15-19-10-5-11-19/h2-3,7-8,16H,4-6,9-15H2,1H3/t16-/m1/s1. The van der Waals surface area contributed by atoms with Crippen molar-refractivity contribution in [1.29, 1.82) is 0 Å². The molecular weight excluding hydrogens is 260 g/mol. The van der Waals surface area contributed by atoms with Crippen molar-refractivity contribution in [3.05, 3.63) is 29.8 Å². The van der Waals surface area contributed by atoms with Crippen LogP contribution >= 0.6 is 0 Å². The molecule has 0 N–H and O–H groups in total. The van der Waals surface area contributed by atoms with E-state index >= 15 is 0 Å². The molecule has 116 valence electrons. The third-order valence-corrected chi connectivity index (χ3v) is 4.72. The van der Waals surface area contributed by atoms with E-state index in [1.165, 1.54) is 51.0 Å². The van der Waals surface area contributed by atoms with Gasteiger partial charge in [0, 0.05) is 25.2 Å². The molecule has 2 heterocycles. The summed E-state index contributed by atoms with van der Waals surface area (Å²) in [5, 5.41) is 0. The number of hydrogen-bond donors (Lipinski definition) is 0. The molecule has 1 atom stereocenters. The van der Waals surface area contributed by atoms with Crippen LogP contribution in [0.4, 0.5) is 0 Å². The average molecular weight is 288 g/mol. The Hall–Kier alpha value is -1.06. The van der Waals surface area contributed by atoms with Crippen molar-refractivity contribution in [3.8, 4) is 5.75 Å². The fourth-order valence-electron chi connectivity index (χ4n) is 3.33. The van der Waals surface area contributed by atoms with Crippen molar-refractivity contribution in [2.45, 2.75) is 32.7 Å². The number of piperidine rings is 1. The van der Waals surface area contributed by atoms with Crippen LogP contribution in [0.25, 0.3) is 0 Å². The molecule has 2 aliphatic heterocycles. The summed E-state index contributed by atoms with van der Waals surface area (Å²) in [6.07, 6.45) is 4.07. The van der Waals surface area contributed by atoms with Crippen LogP contribution in [-0.4, -0.2) is 49.1 Å². The van der Waals surface area contributed by atoms with Crippen LogP contribution in [0, 0.1) is 5.92 Å². The quantitative estimate of drug-likeness (QED) is 0.800. The molecular formula is C18H28N2O. The first-order chi connectivity index (χ1) is 10.3. The third kappa shape index (κ3) is 4.21. The first kappa shape index (κ1) is 14.9. The highest BCUT2D eigenvalue weighted by molar-refractivity contribution is 5.33. The van der Waals surface area contributed by atoms with E-state index in [9.17, 15) is 0 Å². The van der Waals surface area contributed by atoms with E-state index in [2.05, 4.69) is 41.0 Å². The van der Waals surface area contributed by atoms with Gasteiger partial charge in [-0.15, -0.1) is 0 Å². The first-order valence-corrected chi connectivity index (χ1v) is 8.46. The molecule has 0 aliphatic carbocycles. The van der Waals surface area contributed by atoms with E-state index in [0.717, 1.165) is 31.4 Å². The van der Waals surface area contributed by atoms with Gasteiger partial charge in [0.15, 0.2) is 0 Å². The third-order valence-electron chi connectivity index (χ3n) is 4.72. The van der Waals surface area contributed by atoms with Crippen molar-refractivity contribution in [2.75, 3.05) is 39.3 Å². The molecule has 21 heavy (non-hydrogen) atoms. The van der Waals surface area contributed by atoms with Crippen molar-refractivity contribution in [1.82, 2.24) is 9.80 Å². The SMILES string of the molecule is C[C@@H]1CCCN(CCOc2ccccc2CN2CCC2)C1. The van der Waals surface area contributed by atoms with Gasteiger partial charge in [0.25, 0.3) is 0 Å². The summed E-state index contributed by atoms with van der Waals surface area (Å²) in [5.74, 6) is 1.92. The number of likely N-dealkylation sites (tertiary alicyclic amines) is 2. The Balaban J connectivity index is 1.48. The lowest BCUT2D eigenvalue weighted by molar-refractivity contribution is 0.149. The molecule has 2 saturated heterocycles. The van der Waals surface area contributed by atoms with E-state index in [1.54, 1.807) is 0 Å². The molecule has 0 aromatic heterocycles. The fourth-order valence-corrected chi connectivity index (χ4v) is 3.33. The minimum atomic E-state index is 0.809. The zero-order chi connectivity index (χ0) is 14.5. The van der Waals surface area contributed by atoms with Crippen LogP contribution in [0.5, 0.6) is 5.75 Å². The van der Waals surface area contributed by atoms with E-state index < -0.39 is 0 Å². The summed E-state index contributed by atoms with van der Waals surface area (Å²) >= 11 is 0. The van der Waals surface area contributed by atoms with Crippen LogP contribution in [0.3, 0.4) is 0 Å². The molecule has 0 bridgehead atoms. The molecule has 3 rings (SSSR count). The van der Waals surface area contributed by atoms with Crippen molar-refractivity contribution >= 4 is 0 Å². The minimum absolute atomic E-state index is 0.809. The van der Waals surface area contributed by atoms with Gasteiger partial charge in [-0.25, -0.2) is 0 Å². The molecule has 1 aromatic carbocycles. The smallest absolute Gasteiger partial charge is 0.123 e. The summed E-state index contributed by atoms with van der Waals surface area (Å²) in [5.41, 5.74) is 1.34. The Morgan fingerprint density at radius 1 is 1.10 bits per heavy atom. The van der Waals surface area contributed by atoms with Crippen molar-refractivity contribution < 1.29 is 4.74 Å². The van der Waals surface area contributed by atoms with Crippen molar-refractivity contribution in [3.63, 3.8) is 0 Å². The highest BCUT2D eigenvalue weighted by Crippen LogP contribution is 2.22. The molecule has 3 heteroatoms. The second-order valence-corrected chi connectivity index (χ2v) is 6.63. The number of benzene rings is 1. The summed E-state index contributed by atoms with van der Waals surface area (Å²) < 4.78 is 6.08. The molecule has 1 aromatic rings. The molecule has 0 radical (unpaired) electrons. The van der Waals surface area contributed by atoms with Gasteiger partial charge in [0.2, 0.25) is 0 Å². The van der Waals surface area contributed by atoms with Gasteiger partial charge in [-0.1, -0.05) is 25.1 Å². The number of hydrogen-bond acceptors (Lipinski definition) is 3. The maximum atomic E-state index is 6.08. The van der Waals surface area contributed by atoms with Crippen LogP contribution in [-0.2, 0) is 6.54 Å². The Kier molecular flexibility index (Phi) is 5.15. The highest BCUT2D eigenvalue weighted by atomic mass is 16.5. The predicted molar refractivity (Wildman–Crippen MR) is 86.7 cm³/mol. The van der Waals surface area contributed by atoms with Crippen LogP contribution < -0.4 is 4.74 Å². The van der Waals surface area contributed by atoms with E-state index in [-0.39, 0.29) is 0 Å². The van der Waals surface area contributed by atoms with Gasteiger partial charge < -0.3 is 4.74 Å².